The lowest BCUT2D eigenvalue weighted by atomic mass is 9.99. The summed E-state index contributed by atoms with van der Waals surface area (Å²) in [6.45, 7) is 3.77. The number of nitrogens with one attached hydrogen (secondary N) is 1. The van der Waals surface area contributed by atoms with E-state index in [1.807, 2.05) is 18.2 Å². The van der Waals surface area contributed by atoms with Gasteiger partial charge in [-0.2, -0.15) is 0 Å². The molecule has 0 bridgehead atoms. The van der Waals surface area contributed by atoms with Gasteiger partial charge in [-0.3, -0.25) is 4.79 Å². The first-order valence-electron chi connectivity index (χ1n) is 8.62. The molecule has 0 atom stereocenters. The van der Waals surface area contributed by atoms with Crippen LogP contribution in [0.1, 0.15) is 35.7 Å². The van der Waals surface area contributed by atoms with Gasteiger partial charge in [-0.05, 0) is 31.4 Å². The number of H-pyrrole nitrogens is 1. The van der Waals surface area contributed by atoms with Gasteiger partial charge in [-0.15, -0.1) is 0 Å². The van der Waals surface area contributed by atoms with Crippen molar-refractivity contribution in [3.63, 3.8) is 0 Å². The number of carboxylic acids is 1. The Morgan fingerprint density at radius 3 is 2.58 bits per heavy atom. The van der Waals surface area contributed by atoms with Gasteiger partial charge in [-0.25, -0.2) is 4.79 Å². The number of methoxy groups -OCH3 is 1. The zero-order valence-electron chi connectivity index (χ0n) is 14.8. The van der Waals surface area contributed by atoms with Gasteiger partial charge >= 0.3 is 5.97 Å². The van der Waals surface area contributed by atoms with Gasteiger partial charge in [0.25, 0.3) is 5.56 Å². The molecular formula is C19H22N2O5. The highest BCUT2D eigenvalue weighted by molar-refractivity contribution is 5.92. The molecule has 7 nitrogen and oxygen atoms in total. The van der Waals surface area contributed by atoms with Gasteiger partial charge in [0.2, 0.25) is 0 Å². The second kappa shape index (κ2) is 7.11. The molecule has 1 aromatic heterocycles. The van der Waals surface area contributed by atoms with E-state index in [1.54, 1.807) is 14.0 Å². The number of aromatic nitrogens is 1. The van der Waals surface area contributed by atoms with Crippen molar-refractivity contribution in [3.8, 4) is 22.8 Å². The minimum atomic E-state index is -1.46. The van der Waals surface area contributed by atoms with Crippen LogP contribution >= 0.6 is 0 Å². The van der Waals surface area contributed by atoms with Crippen molar-refractivity contribution in [2.45, 2.75) is 26.2 Å². The monoisotopic (exact) mass is 358 g/mol. The Morgan fingerprint density at radius 2 is 2.00 bits per heavy atom. The van der Waals surface area contributed by atoms with Gasteiger partial charge in [0.05, 0.1) is 12.8 Å². The average Bonchev–Trinajstić information content (AvgIpc) is 3.15. The van der Waals surface area contributed by atoms with Crippen LogP contribution in [0, 0.1) is 0 Å². The third-order valence-corrected chi connectivity index (χ3v) is 4.78. The number of aromatic amines is 1. The molecule has 138 valence electrons. The number of carboxylic acid groups (broad SMARTS) is 1. The predicted octanol–water partition coefficient (Wildman–Crippen LogP) is 2.62. The number of hydrogen-bond donors (Lipinski definition) is 3. The number of ether oxygens (including phenoxy) is 1. The summed E-state index contributed by atoms with van der Waals surface area (Å²) in [5, 5.41) is 19.5. The van der Waals surface area contributed by atoms with E-state index < -0.39 is 22.8 Å². The Morgan fingerprint density at radius 1 is 1.31 bits per heavy atom. The van der Waals surface area contributed by atoms with E-state index in [0.29, 0.717) is 29.0 Å². The molecule has 0 saturated carbocycles. The van der Waals surface area contributed by atoms with Crippen molar-refractivity contribution >= 4 is 11.7 Å². The van der Waals surface area contributed by atoms with Crippen LogP contribution in [0.4, 0.5) is 5.69 Å². The molecule has 3 N–H and O–H groups in total. The Balaban J connectivity index is 2.17. The zero-order chi connectivity index (χ0) is 18.8. The average molecular weight is 358 g/mol. The van der Waals surface area contributed by atoms with Gasteiger partial charge in [0.1, 0.15) is 11.5 Å². The summed E-state index contributed by atoms with van der Waals surface area (Å²) in [4.78, 5) is 28.3. The van der Waals surface area contributed by atoms with Gasteiger partial charge in [0.15, 0.2) is 5.56 Å². The second-order valence-electron chi connectivity index (χ2n) is 6.27. The molecule has 26 heavy (non-hydrogen) atoms. The highest BCUT2D eigenvalue weighted by Crippen LogP contribution is 2.37. The highest BCUT2D eigenvalue weighted by Gasteiger charge is 2.24. The summed E-state index contributed by atoms with van der Waals surface area (Å²) < 4.78 is 5.51. The molecule has 1 saturated heterocycles. The van der Waals surface area contributed by atoms with E-state index in [0.717, 1.165) is 31.6 Å². The molecule has 0 spiro atoms. The fourth-order valence-corrected chi connectivity index (χ4v) is 3.46. The van der Waals surface area contributed by atoms with Crippen LogP contribution in [0.5, 0.6) is 11.5 Å². The third-order valence-electron chi connectivity index (χ3n) is 4.78. The summed E-state index contributed by atoms with van der Waals surface area (Å²) in [5.41, 5.74) is 0.914. The molecule has 7 heteroatoms. The lowest BCUT2D eigenvalue weighted by molar-refractivity contribution is 0.0691. The van der Waals surface area contributed by atoms with E-state index in [4.69, 9.17) is 4.74 Å². The molecule has 1 fully saturated rings. The highest BCUT2D eigenvalue weighted by atomic mass is 16.5. The third kappa shape index (κ3) is 3.00. The van der Waals surface area contributed by atoms with Crippen molar-refractivity contribution in [3.05, 3.63) is 39.7 Å². The van der Waals surface area contributed by atoms with Crippen LogP contribution in [0.3, 0.4) is 0 Å². The summed E-state index contributed by atoms with van der Waals surface area (Å²) in [6.07, 6.45) is 2.67. The fourth-order valence-electron chi connectivity index (χ4n) is 3.46. The largest absolute Gasteiger partial charge is 0.506 e. The number of hydrogen-bond acceptors (Lipinski definition) is 5. The van der Waals surface area contributed by atoms with Crippen molar-refractivity contribution in [2.24, 2.45) is 0 Å². The molecule has 2 aromatic rings. The van der Waals surface area contributed by atoms with Crippen LogP contribution in [-0.4, -0.2) is 41.4 Å². The smallest absolute Gasteiger partial charge is 0.345 e. The van der Waals surface area contributed by atoms with E-state index in [1.165, 1.54) is 0 Å². The van der Waals surface area contributed by atoms with Crippen LogP contribution < -0.4 is 15.2 Å². The maximum Gasteiger partial charge on any atom is 0.345 e. The van der Waals surface area contributed by atoms with Crippen molar-refractivity contribution in [1.29, 1.82) is 0 Å². The van der Waals surface area contributed by atoms with Crippen LogP contribution in [0.2, 0.25) is 0 Å². The quantitative estimate of drug-likeness (QED) is 0.759. The first-order chi connectivity index (χ1) is 12.5. The SMILES string of the molecule is CCc1c(-c2ccc(N3CCCC3)cc2OC)[nH]c(=O)c(C(=O)O)c1O. The Labute approximate surface area is 150 Å². The molecule has 0 radical (unpaired) electrons. The molecule has 2 heterocycles. The molecule has 0 amide bonds. The molecular weight excluding hydrogens is 336 g/mol. The van der Waals surface area contributed by atoms with Crippen molar-refractivity contribution < 1.29 is 19.7 Å². The van der Waals surface area contributed by atoms with Crippen LogP contribution in [0.25, 0.3) is 11.3 Å². The fraction of sp³-hybridized carbons (Fsp3) is 0.368. The lowest BCUT2D eigenvalue weighted by Crippen LogP contribution is -2.20. The van der Waals surface area contributed by atoms with E-state index in [9.17, 15) is 19.8 Å². The number of aromatic carboxylic acids is 1. The predicted molar refractivity (Wildman–Crippen MR) is 98.5 cm³/mol. The topological polar surface area (TPSA) is 103 Å². The maximum atomic E-state index is 12.2. The van der Waals surface area contributed by atoms with E-state index in [-0.39, 0.29) is 0 Å². The second-order valence-corrected chi connectivity index (χ2v) is 6.27. The number of pyridine rings is 1. The number of carbonyl (C=O) groups is 1. The lowest BCUT2D eigenvalue weighted by Gasteiger charge is -2.20. The van der Waals surface area contributed by atoms with Crippen LogP contribution in [0.15, 0.2) is 23.0 Å². The van der Waals surface area contributed by atoms with E-state index in [2.05, 4.69) is 9.88 Å². The first-order valence-corrected chi connectivity index (χ1v) is 8.62. The first kappa shape index (κ1) is 17.8. The Bertz CT molecular complexity index is 898. The number of rotatable bonds is 5. The van der Waals surface area contributed by atoms with Gasteiger partial charge in [-0.1, -0.05) is 6.92 Å². The minimum absolute atomic E-state index is 0.356. The van der Waals surface area contributed by atoms with Crippen molar-refractivity contribution in [2.75, 3.05) is 25.1 Å². The molecule has 0 aliphatic carbocycles. The maximum absolute atomic E-state index is 12.2. The molecule has 1 aliphatic rings. The normalized spacial score (nSPS) is 13.8. The number of aromatic hydroxyl groups is 1. The number of benzene rings is 1. The number of nitrogens with zero attached hydrogens (tertiary/aromatic N) is 1. The number of anilines is 1. The minimum Gasteiger partial charge on any atom is -0.506 e. The molecule has 3 rings (SSSR count). The summed E-state index contributed by atoms with van der Waals surface area (Å²) in [5.74, 6) is -1.40. The summed E-state index contributed by atoms with van der Waals surface area (Å²) in [7, 11) is 1.54. The zero-order valence-corrected chi connectivity index (χ0v) is 14.8. The Kier molecular flexibility index (Phi) is 4.88. The van der Waals surface area contributed by atoms with Gasteiger partial charge in [0, 0.05) is 36.0 Å². The standard InChI is InChI=1S/C19H22N2O5/c1-3-12-16(20-18(23)15(17(12)22)19(24)25)13-7-6-11(10-14(13)26-2)21-8-4-5-9-21/h6-7,10H,3-5,8-9H2,1-2H3,(H,24,25)(H2,20,22,23). The molecule has 1 aliphatic heterocycles. The van der Waals surface area contributed by atoms with E-state index >= 15 is 0 Å². The van der Waals surface area contributed by atoms with Gasteiger partial charge < -0.3 is 24.8 Å². The van der Waals surface area contributed by atoms with Crippen molar-refractivity contribution in [1.82, 2.24) is 4.98 Å². The van der Waals surface area contributed by atoms with Crippen LogP contribution in [-0.2, 0) is 6.42 Å². The Hall–Kier alpha value is -2.96. The summed E-state index contributed by atoms with van der Waals surface area (Å²) >= 11 is 0. The molecule has 1 aromatic carbocycles. The molecule has 0 unspecified atom stereocenters. The summed E-state index contributed by atoms with van der Waals surface area (Å²) in [6, 6.07) is 5.68.